The quantitative estimate of drug-likeness (QED) is 0.852. The number of hydrogen-bond acceptors (Lipinski definition) is 3. The van der Waals surface area contributed by atoms with Gasteiger partial charge in [-0.1, -0.05) is 27.7 Å². The van der Waals surface area contributed by atoms with Gasteiger partial charge in [0.1, 0.15) is 5.60 Å². The van der Waals surface area contributed by atoms with Crippen LogP contribution in [-0.2, 0) is 4.74 Å². The zero-order valence-electron chi connectivity index (χ0n) is 16.2. The highest BCUT2D eigenvalue weighted by Crippen LogP contribution is 2.67. The minimum atomic E-state index is -0.411. The number of nitrogens with one attached hydrogen (secondary N) is 1. The van der Waals surface area contributed by atoms with Gasteiger partial charge in [0, 0.05) is 13.1 Å². The third-order valence-electron chi connectivity index (χ3n) is 6.27. The molecule has 0 aromatic rings. The van der Waals surface area contributed by atoms with E-state index >= 15 is 0 Å². The molecule has 2 rings (SSSR count). The van der Waals surface area contributed by atoms with Gasteiger partial charge in [-0.05, 0) is 69.4 Å². The predicted octanol–water partition coefficient (Wildman–Crippen LogP) is 3.91. The van der Waals surface area contributed by atoms with Gasteiger partial charge in [-0.15, -0.1) is 0 Å². The second-order valence-corrected chi connectivity index (χ2v) is 9.59. The van der Waals surface area contributed by atoms with Crippen molar-refractivity contribution in [2.75, 3.05) is 26.2 Å². The zero-order valence-corrected chi connectivity index (χ0v) is 16.2. The zero-order chi connectivity index (χ0) is 17.5. The Morgan fingerprint density at radius 3 is 2.30 bits per heavy atom. The molecule has 1 unspecified atom stereocenters. The van der Waals surface area contributed by atoms with Crippen molar-refractivity contribution in [3.8, 4) is 0 Å². The van der Waals surface area contributed by atoms with Crippen LogP contribution in [0.15, 0.2) is 0 Å². The smallest absolute Gasteiger partial charge is 0.410 e. The number of amides is 1. The van der Waals surface area contributed by atoms with Gasteiger partial charge in [-0.2, -0.15) is 0 Å². The summed E-state index contributed by atoms with van der Waals surface area (Å²) in [5, 5.41) is 3.66. The first kappa shape index (κ1) is 18.6. The molecular weight excluding hydrogens is 288 g/mol. The van der Waals surface area contributed by atoms with Gasteiger partial charge in [0.25, 0.3) is 0 Å². The maximum Gasteiger partial charge on any atom is 0.410 e. The number of likely N-dealkylation sites (tertiary alicyclic amines) is 1. The van der Waals surface area contributed by atoms with E-state index in [1.54, 1.807) is 0 Å². The Bertz CT molecular complexity index is 423. The van der Waals surface area contributed by atoms with Crippen LogP contribution in [0.1, 0.15) is 61.3 Å². The molecule has 1 heterocycles. The lowest BCUT2D eigenvalue weighted by Crippen LogP contribution is -2.45. The Kier molecular flexibility index (Phi) is 5.06. The van der Waals surface area contributed by atoms with Gasteiger partial charge < -0.3 is 15.0 Å². The van der Waals surface area contributed by atoms with Crippen LogP contribution in [0.25, 0.3) is 0 Å². The largest absolute Gasteiger partial charge is 0.444 e. The highest BCUT2D eigenvalue weighted by molar-refractivity contribution is 5.68. The summed E-state index contributed by atoms with van der Waals surface area (Å²) in [6.45, 7) is 19.0. The first-order chi connectivity index (χ1) is 10.4. The van der Waals surface area contributed by atoms with E-state index in [2.05, 4.69) is 33.0 Å². The Balaban J connectivity index is 1.74. The number of rotatable bonds is 4. The van der Waals surface area contributed by atoms with Crippen LogP contribution in [-0.4, -0.2) is 42.8 Å². The average Bonchev–Trinajstić information content (AvgIpc) is 2.79. The first-order valence-corrected chi connectivity index (χ1v) is 9.14. The Morgan fingerprint density at radius 1 is 1.17 bits per heavy atom. The molecule has 0 spiro atoms. The van der Waals surface area contributed by atoms with Crippen molar-refractivity contribution in [1.29, 1.82) is 0 Å². The van der Waals surface area contributed by atoms with Crippen molar-refractivity contribution in [3.63, 3.8) is 0 Å². The number of nitrogens with zero attached hydrogens (tertiary/aromatic N) is 1. The highest BCUT2D eigenvalue weighted by Gasteiger charge is 2.63. The normalized spacial score (nSPS) is 26.9. The summed E-state index contributed by atoms with van der Waals surface area (Å²) >= 11 is 0. The standard InChI is InChI=1S/C19H36N2O2/c1-17(2,3)23-16(22)21-10-8-9-14(13-21)11-20-12-15-18(4,5)19(15,6)7/h14-15,20H,8-13H2,1-7H3. The topological polar surface area (TPSA) is 41.6 Å². The van der Waals surface area contributed by atoms with Crippen molar-refractivity contribution in [2.24, 2.45) is 22.7 Å². The van der Waals surface area contributed by atoms with Gasteiger partial charge in [0.2, 0.25) is 0 Å². The maximum atomic E-state index is 12.2. The predicted molar refractivity (Wildman–Crippen MR) is 94.5 cm³/mol. The molecule has 1 aliphatic heterocycles. The van der Waals surface area contributed by atoms with Crippen LogP contribution in [0.3, 0.4) is 0 Å². The minimum absolute atomic E-state index is 0.161. The third kappa shape index (κ3) is 4.20. The fraction of sp³-hybridized carbons (Fsp3) is 0.947. The van der Waals surface area contributed by atoms with Crippen LogP contribution < -0.4 is 5.32 Å². The molecule has 1 saturated heterocycles. The van der Waals surface area contributed by atoms with E-state index in [1.165, 1.54) is 6.42 Å². The first-order valence-electron chi connectivity index (χ1n) is 9.14. The maximum absolute atomic E-state index is 12.2. The van der Waals surface area contributed by atoms with E-state index in [4.69, 9.17) is 4.74 Å². The highest BCUT2D eigenvalue weighted by atomic mass is 16.6. The molecule has 1 saturated carbocycles. The summed E-state index contributed by atoms with van der Waals surface area (Å²) in [6.07, 6.45) is 2.11. The summed E-state index contributed by atoms with van der Waals surface area (Å²) in [6, 6.07) is 0. The van der Waals surface area contributed by atoms with Gasteiger partial charge in [0.15, 0.2) is 0 Å². The molecule has 1 atom stereocenters. The van der Waals surface area contributed by atoms with Crippen molar-refractivity contribution in [1.82, 2.24) is 10.2 Å². The SMILES string of the molecule is CC(C)(C)OC(=O)N1CCCC(CNCC2C(C)(C)C2(C)C)C1. The molecule has 2 fully saturated rings. The van der Waals surface area contributed by atoms with Crippen LogP contribution in [0.5, 0.6) is 0 Å². The van der Waals surface area contributed by atoms with E-state index < -0.39 is 5.60 Å². The van der Waals surface area contributed by atoms with E-state index in [1.807, 2.05) is 25.7 Å². The van der Waals surface area contributed by atoms with Gasteiger partial charge in [0.05, 0.1) is 0 Å². The summed E-state index contributed by atoms with van der Waals surface area (Å²) in [4.78, 5) is 14.1. The molecule has 23 heavy (non-hydrogen) atoms. The number of piperidine rings is 1. The second kappa shape index (κ2) is 6.27. The van der Waals surface area contributed by atoms with Crippen molar-refractivity contribution < 1.29 is 9.53 Å². The second-order valence-electron chi connectivity index (χ2n) is 9.59. The van der Waals surface area contributed by atoms with E-state index in [9.17, 15) is 4.79 Å². The van der Waals surface area contributed by atoms with Crippen molar-refractivity contribution in [3.05, 3.63) is 0 Å². The lowest BCUT2D eigenvalue weighted by atomic mass is 9.98. The Morgan fingerprint density at radius 2 is 1.78 bits per heavy atom. The molecule has 1 aliphatic carbocycles. The summed E-state index contributed by atoms with van der Waals surface area (Å²) in [7, 11) is 0. The molecule has 134 valence electrons. The molecule has 0 aromatic carbocycles. The number of carbonyl (C=O) groups is 1. The summed E-state index contributed by atoms with van der Waals surface area (Å²) in [5.74, 6) is 1.29. The monoisotopic (exact) mass is 324 g/mol. The van der Waals surface area contributed by atoms with Crippen LogP contribution in [0.2, 0.25) is 0 Å². The van der Waals surface area contributed by atoms with Crippen molar-refractivity contribution in [2.45, 2.75) is 66.9 Å². The molecule has 0 radical (unpaired) electrons. The molecule has 4 nitrogen and oxygen atoms in total. The number of ether oxygens (including phenoxy) is 1. The Labute approximate surface area is 142 Å². The Hall–Kier alpha value is -0.770. The molecule has 1 N–H and O–H groups in total. The minimum Gasteiger partial charge on any atom is -0.444 e. The molecule has 0 bridgehead atoms. The molecule has 4 heteroatoms. The fourth-order valence-electron chi connectivity index (χ4n) is 4.00. The van der Waals surface area contributed by atoms with Gasteiger partial charge in [-0.25, -0.2) is 4.79 Å². The van der Waals surface area contributed by atoms with Crippen LogP contribution in [0.4, 0.5) is 4.79 Å². The van der Waals surface area contributed by atoms with Gasteiger partial charge >= 0.3 is 6.09 Å². The fourth-order valence-corrected chi connectivity index (χ4v) is 4.00. The van der Waals surface area contributed by atoms with Gasteiger partial charge in [-0.3, -0.25) is 0 Å². The van der Waals surface area contributed by atoms with Crippen molar-refractivity contribution >= 4 is 6.09 Å². The summed E-state index contributed by atoms with van der Waals surface area (Å²) < 4.78 is 5.50. The molecule has 1 amide bonds. The van der Waals surface area contributed by atoms with E-state index in [-0.39, 0.29) is 6.09 Å². The lowest BCUT2D eigenvalue weighted by molar-refractivity contribution is 0.0166. The molecular formula is C19H36N2O2. The van der Waals surface area contributed by atoms with Crippen LogP contribution >= 0.6 is 0 Å². The van der Waals surface area contributed by atoms with E-state index in [0.717, 1.165) is 38.5 Å². The summed E-state index contributed by atoms with van der Waals surface area (Å²) in [5.41, 5.74) is 0.468. The molecule has 2 aliphatic rings. The molecule has 0 aromatic heterocycles. The number of hydrogen-bond donors (Lipinski definition) is 1. The van der Waals surface area contributed by atoms with Crippen LogP contribution in [0, 0.1) is 22.7 Å². The van der Waals surface area contributed by atoms with E-state index in [0.29, 0.717) is 16.7 Å². The lowest BCUT2D eigenvalue weighted by Gasteiger charge is -2.34. The third-order valence-corrected chi connectivity index (χ3v) is 6.27. The number of carbonyl (C=O) groups excluding carboxylic acids is 1. The average molecular weight is 325 g/mol.